The fourth-order valence-corrected chi connectivity index (χ4v) is 14.9. The number of rotatable bonds is 4. The van der Waals surface area contributed by atoms with Gasteiger partial charge in [0.2, 0.25) is 0 Å². The lowest BCUT2D eigenvalue weighted by molar-refractivity contribution is 0.660. The summed E-state index contributed by atoms with van der Waals surface area (Å²) in [5, 5.41) is 13.0. The second kappa shape index (κ2) is 15.6. The maximum absolute atomic E-state index is 2.56. The van der Waals surface area contributed by atoms with Crippen LogP contribution in [-0.2, 0) is 16.2 Å². The van der Waals surface area contributed by atoms with Crippen LogP contribution < -0.4 is 0 Å². The summed E-state index contributed by atoms with van der Waals surface area (Å²) in [6, 6.07) is 87.9. The van der Waals surface area contributed by atoms with Crippen molar-refractivity contribution in [2.45, 2.75) is 57.8 Å². The number of fused-ring (bicyclic) bond motifs is 18. The van der Waals surface area contributed by atoms with Crippen LogP contribution in [0.2, 0.25) is 0 Å². The predicted molar refractivity (Wildman–Crippen MR) is 328 cm³/mol. The third kappa shape index (κ3) is 5.99. The SMILES string of the molecule is CC1(C)c2cc(-c3cc4c(c5ccccc35)-c3c(cc(-c5ccccc5)c5ccccc35)C4(C)C)ccc2-c2ccc(-c3cc4c(c5ccccc35)-c3c(cc(-c5cccc6ccccc56)c5ccccc35)C4(C)C)cc21. The van der Waals surface area contributed by atoms with E-state index in [0.29, 0.717) is 0 Å². The second-order valence-electron chi connectivity index (χ2n) is 23.9. The lowest BCUT2D eigenvalue weighted by Crippen LogP contribution is -2.16. The van der Waals surface area contributed by atoms with Gasteiger partial charge in [-0.3, -0.25) is 0 Å². The zero-order chi connectivity index (χ0) is 51.7. The monoisotopic (exact) mass is 980 g/mol. The molecule has 0 radical (unpaired) electrons. The highest BCUT2D eigenvalue weighted by molar-refractivity contribution is 6.19. The lowest BCUT2D eigenvalue weighted by atomic mass is 9.78. The zero-order valence-corrected chi connectivity index (χ0v) is 44.4. The third-order valence-electron chi connectivity index (χ3n) is 18.8. The molecule has 13 aromatic carbocycles. The molecular formula is C77H56. The van der Waals surface area contributed by atoms with E-state index in [0.717, 1.165) is 0 Å². The van der Waals surface area contributed by atoms with E-state index in [1.165, 1.54) is 165 Å². The van der Waals surface area contributed by atoms with Crippen LogP contribution in [0.15, 0.2) is 231 Å². The van der Waals surface area contributed by atoms with Crippen molar-refractivity contribution in [2.75, 3.05) is 0 Å². The minimum Gasteiger partial charge on any atom is -0.0622 e. The molecule has 0 saturated carbocycles. The van der Waals surface area contributed by atoms with Crippen LogP contribution in [0.1, 0.15) is 74.9 Å². The first kappa shape index (κ1) is 44.5. The molecule has 0 nitrogen and oxygen atoms in total. The Balaban J connectivity index is 0.825. The summed E-state index contributed by atoms with van der Waals surface area (Å²) in [5.74, 6) is 0. The van der Waals surface area contributed by atoms with E-state index in [9.17, 15) is 0 Å². The van der Waals surface area contributed by atoms with E-state index < -0.39 is 0 Å². The Kier molecular flexibility index (Phi) is 9.02. The van der Waals surface area contributed by atoms with Crippen LogP contribution in [-0.4, -0.2) is 0 Å². The Morgan fingerprint density at radius 2 is 0.519 bits per heavy atom. The Hall–Kier alpha value is -8.84. The van der Waals surface area contributed by atoms with E-state index in [1.807, 2.05) is 0 Å². The molecule has 16 rings (SSSR count). The van der Waals surface area contributed by atoms with Crippen LogP contribution in [0.25, 0.3) is 132 Å². The summed E-state index contributed by atoms with van der Waals surface area (Å²) < 4.78 is 0. The Labute approximate surface area is 451 Å². The molecule has 0 heterocycles. The molecule has 0 aliphatic heterocycles. The molecule has 0 unspecified atom stereocenters. The molecule has 3 aliphatic rings. The van der Waals surface area contributed by atoms with Gasteiger partial charge in [-0.25, -0.2) is 0 Å². The van der Waals surface area contributed by atoms with Crippen LogP contribution in [0.3, 0.4) is 0 Å². The predicted octanol–water partition coefficient (Wildman–Crippen LogP) is 21.0. The number of hydrogen-bond donors (Lipinski definition) is 0. The highest BCUT2D eigenvalue weighted by Crippen LogP contribution is 2.60. The normalized spacial score (nSPS) is 14.9. The maximum atomic E-state index is 2.56. The molecule has 3 aliphatic carbocycles. The van der Waals surface area contributed by atoms with Crippen molar-refractivity contribution in [1.29, 1.82) is 0 Å². The van der Waals surface area contributed by atoms with E-state index in [1.54, 1.807) is 0 Å². The Bertz CT molecular complexity index is 4740. The average Bonchev–Trinajstić information content (AvgIpc) is 3.99. The molecule has 0 bridgehead atoms. The lowest BCUT2D eigenvalue weighted by Gasteiger charge is -2.25. The van der Waals surface area contributed by atoms with Crippen LogP contribution in [0, 0.1) is 0 Å². The van der Waals surface area contributed by atoms with Crippen molar-refractivity contribution in [3.8, 4) is 77.9 Å². The average molecular weight is 981 g/mol. The smallest absolute Gasteiger partial charge is 0.0159 e. The van der Waals surface area contributed by atoms with Gasteiger partial charge in [0.05, 0.1) is 0 Å². The summed E-state index contributed by atoms with van der Waals surface area (Å²) in [6.45, 7) is 14.7. The molecule has 0 heteroatoms. The van der Waals surface area contributed by atoms with Gasteiger partial charge in [-0.2, -0.15) is 0 Å². The second-order valence-corrected chi connectivity index (χ2v) is 23.9. The summed E-state index contributed by atoms with van der Waals surface area (Å²) in [6.07, 6.45) is 0. The van der Waals surface area contributed by atoms with Gasteiger partial charge >= 0.3 is 0 Å². The van der Waals surface area contributed by atoms with Gasteiger partial charge in [0, 0.05) is 16.2 Å². The topological polar surface area (TPSA) is 0 Å². The summed E-state index contributed by atoms with van der Waals surface area (Å²) in [7, 11) is 0. The molecule has 0 spiro atoms. The Morgan fingerprint density at radius 3 is 0.961 bits per heavy atom. The molecular weight excluding hydrogens is 925 g/mol. The van der Waals surface area contributed by atoms with Crippen molar-refractivity contribution < 1.29 is 0 Å². The van der Waals surface area contributed by atoms with Gasteiger partial charge in [0.15, 0.2) is 0 Å². The fraction of sp³-hybridized carbons (Fsp3) is 0.117. The van der Waals surface area contributed by atoms with E-state index >= 15 is 0 Å². The van der Waals surface area contributed by atoms with Crippen molar-refractivity contribution >= 4 is 53.9 Å². The van der Waals surface area contributed by atoms with Crippen molar-refractivity contribution in [1.82, 2.24) is 0 Å². The van der Waals surface area contributed by atoms with Gasteiger partial charge in [-0.1, -0.05) is 236 Å². The molecule has 0 amide bonds. The van der Waals surface area contributed by atoms with Crippen LogP contribution in [0.5, 0.6) is 0 Å². The van der Waals surface area contributed by atoms with E-state index in [2.05, 4.69) is 272 Å². The van der Waals surface area contributed by atoms with Crippen LogP contribution in [0.4, 0.5) is 0 Å². The van der Waals surface area contributed by atoms with Gasteiger partial charge < -0.3 is 0 Å². The first-order valence-corrected chi connectivity index (χ1v) is 27.6. The summed E-state index contributed by atoms with van der Waals surface area (Å²) in [5.41, 5.74) is 26.1. The third-order valence-corrected chi connectivity index (χ3v) is 18.8. The molecule has 77 heavy (non-hydrogen) atoms. The highest BCUT2D eigenvalue weighted by Gasteiger charge is 2.42. The van der Waals surface area contributed by atoms with Gasteiger partial charge in [0.1, 0.15) is 0 Å². The molecule has 0 atom stereocenters. The maximum Gasteiger partial charge on any atom is 0.0159 e. The summed E-state index contributed by atoms with van der Waals surface area (Å²) >= 11 is 0. The fourth-order valence-electron chi connectivity index (χ4n) is 14.9. The quantitative estimate of drug-likeness (QED) is 0.165. The number of hydrogen-bond acceptors (Lipinski definition) is 0. The summed E-state index contributed by atoms with van der Waals surface area (Å²) in [4.78, 5) is 0. The Morgan fingerprint density at radius 1 is 0.195 bits per heavy atom. The van der Waals surface area contributed by atoms with Gasteiger partial charge in [0.25, 0.3) is 0 Å². The zero-order valence-electron chi connectivity index (χ0n) is 44.4. The highest BCUT2D eigenvalue weighted by atomic mass is 14.4. The molecule has 0 fully saturated rings. The molecule has 364 valence electrons. The van der Waals surface area contributed by atoms with E-state index in [-0.39, 0.29) is 16.2 Å². The minimum atomic E-state index is -0.242. The largest absolute Gasteiger partial charge is 0.0622 e. The van der Waals surface area contributed by atoms with Crippen molar-refractivity contribution in [2.24, 2.45) is 0 Å². The molecule has 0 aromatic heterocycles. The molecule has 0 saturated heterocycles. The van der Waals surface area contributed by atoms with E-state index in [4.69, 9.17) is 0 Å². The first-order chi connectivity index (χ1) is 37.5. The van der Waals surface area contributed by atoms with Gasteiger partial charge in [-0.15, -0.1) is 0 Å². The molecule has 0 N–H and O–H groups in total. The minimum absolute atomic E-state index is 0.215. The molecule has 13 aromatic rings. The van der Waals surface area contributed by atoms with Crippen molar-refractivity contribution in [3.63, 3.8) is 0 Å². The van der Waals surface area contributed by atoms with Crippen molar-refractivity contribution in [3.05, 3.63) is 264 Å². The standard InChI is InChI=1S/C77H56/c1-75(2)65-39-47(62-42-68-72(58-31-17-13-27-52(58)62)71-57-30-16-12-26-51(57)61(41-67(71)76(68,3)4)46-21-8-7-9-22-46)35-37-55(65)56-38-36-48(40-66(56)75)63-43-69-73(59-32-18-14-28-53(59)63)74-60-33-19-15-29-54(60)64(44-70(74)77(69,5)6)50-34-20-24-45-23-10-11-25-49(45)50/h7-44H,1-6H3. The van der Waals surface area contributed by atoms with Crippen LogP contribution >= 0.6 is 0 Å². The van der Waals surface area contributed by atoms with Gasteiger partial charge in [-0.05, 0) is 202 Å². The first-order valence-electron chi connectivity index (χ1n) is 27.6. The number of benzene rings is 13.